The molecule has 2 heterocycles. The fourth-order valence-corrected chi connectivity index (χ4v) is 3.08. The lowest BCUT2D eigenvalue weighted by Gasteiger charge is -2.38. The fraction of sp³-hybridized carbons (Fsp3) is 0.857. The lowest BCUT2D eigenvalue weighted by atomic mass is 9.97. The number of amides is 2. The maximum atomic E-state index is 12.4. The van der Waals surface area contributed by atoms with E-state index in [1.165, 1.54) is 0 Å². The maximum absolute atomic E-state index is 12.4. The van der Waals surface area contributed by atoms with Gasteiger partial charge in [-0.2, -0.15) is 0 Å². The van der Waals surface area contributed by atoms with Crippen molar-refractivity contribution in [2.75, 3.05) is 39.9 Å². The molecular weight excluding hydrogens is 260 g/mol. The summed E-state index contributed by atoms with van der Waals surface area (Å²) in [4.78, 5) is 27.0. The van der Waals surface area contributed by atoms with Gasteiger partial charge in [-0.3, -0.25) is 4.79 Å². The molecule has 2 aliphatic rings. The Morgan fingerprint density at radius 3 is 2.45 bits per heavy atom. The summed E-state index contributed by atoms with van der Waals surface area (Å²) >= 11 is 0. The average molecular weight is 284 g/mol. The Balaban J connectivity index is 1.84. The highest BCUT2D eigenvalue weighted by Gasteiger charge is 2.32. The first-order valence-electron chi connectivity index (χ1n) is 7.37. The molecule has 0 aromatic carbocycles. The van der Waals surface area contributed by atoms with Crippen LogP contribution in [0, 0.1) is 11.8 Å². The number of hydrogen-bond acceptors (Lipinski definition) is 3. The van der Waals surface area contributed by atoms with Crippen LogP contribution >= 0.6 is 0 Å². The van der Waals surface area contributed by atoms with Crippen LogP contribution in [-0.2, 0) is 9.53 Å². The normalized spacial score (nSPS) is 24.8. The van der Waals surface area contributed by atoms with Gasteiger partial charge < -0.3 is 19.6 Å². The molecular formula is C14H24N2O4. The molecule has 2 aliphatic heterocycles. The molecule has 0 saturated carbocycles. The van der Waals surface area contributed by atoms with Crippen molar-refractivity contribution >= 4 is 12.0 Å². The van der Waals surface area contributed by atoms with Gasteiger partial charge in [-0.15, -0.1) is 0 Å². The minimum absolute atomic E-state index is 0.00631. The number of carboxylic acids is 1. The SMILES string of the molecule is COCC1CCN(C(=O)N2CCC[C@H](C(=O)O)C2)CC1. The third-order valence-corrected chi connectivity index (χ3v) is 4.33. The van der Waals surface area contributed by atoms with Crippen LogP contribution in [0.1, 0.15) is 25.7 Å². The number of ether oxygens (including phenoxy) is 1. The van der Waals surface area contributed by atoms with Gasteiger partial charge in [-0.1, -0.05) is 0 Å². The van der Waals surface area contributed by atoms with Crippen LogP contribution < -0.4 is 0 Å². The number of carbonyl (C=O) groups excluding carboxylic acids is 1. The van der Waals surface area contributed by atoms with Crippen molar-refractivity contribution in [3.05, 3.63) is 0 Å². The van der Waals surface area contributed by atoms with Gasteiger partial charge in [-0.25, -0.2) is 4.79 Å². The first kappa shape index (κ1) is 15.1. The highest BCUT2D eigenvalue weighted by molar-refractivity contribution is 5.76. The molecule has 2 amide bonds. The number of hydrogen-bond donors (Lipinski definition) is 1. The number of likely N-dealkylation sites (tertiary alicyclic amines) is 2. The molecule has 2 rings (SSSR count). The Morgan fingerprint density at radius 2 is 1.85 bits per heavy atom. The number of rotatable bonds is 3. The summed E-state index contributed by atoms with van der Waals surface area (Å²) in [5.74, 6) is -0.655. The second-order valence-electron chi connectivity index (χ2n) is 5.79. The van der Waals surface area contributed by atoms with Crippen molar-refractivity contribution in [3.8, 4) is 0 Å². The van der Waals surface area contributed by atoms with Gasteiger partial charge in [-0.05, 0) is 31.6 Å². The number of piperidine rings is 2. The highest BCUT2D eigenvalue weighted by Crippen LogP contribution is 2.22. The van der Waals surface area contributed by atoms with Gasteiger partial charge in [0.2, 0.25) is 0 Å². The topological polar surface area (TPSA) is 70.1 Å². The van der Waals surface area contributed by atoms with Crippen LogP contribution in [0.2, 0.25) is 0 Å². The molecule has 1 atom stereocenters. The zero-order valence-electron chi connectivity index (χ0n) is 12.1. The van der Waals surface area contributed by atoms with E-state index in [0.29, 0.717) is 25.4 Å². The third kappa shape index (κ3) is 3.62. The molecule has 0 unspecified atom stereocenters. The van der Waals surface area contributed by atoms with E-state index in [1.54, 1.807) is 12.0 Å². The van der Waals surface area contributed by atoms with Crippen molar-refractivity contribution in [1.29, 1.82) is 0 Å². The molecule has 0 spiro atoms. The molecule has 6 heteroatoms. The van der Waals surface area contributed by atoms with Gasteiger partial charge in [0.25, 0.3) is 0 Å². The van der Waals surface area contributed by atoms with E-state index in [1.807, 2.05) is 4.90 Å². The smallest absolute Gasteiger partial charge is 0.320 e. The Labute approximate surface area is 119 Å². The molecule has 0 aromatic rings. The largest absolute Gasteiger partial charge is 0.481 e. The van der Waals surface area contributed by atoms with Crippen LogP contribution in [0.5, 0.6) is 0 Å². The number of methoxy groups -OCH3 is 1. The lowest BCUT2D eigenvalue weighted by molar-refractivity contribution is -0.143. The maximum Gasteiger partial charge on any atom is 0.320 e. The molecule has 1 N–H and O–H groups in total. The van der Waals surface area contributed by atoms with Crippen molar-refractivity contribution in [1.82, 2.24) is 9.80 Å². The predicted molar refractivity (Wildman–Crippen MR) is 73.5 cm³/mol. The van der Waals surface area contributed by atoms with Crippen molar-refractivity contribution < 1.29 is 19.4 Å². The standard InChI is InChI=1S/C14H24N2O4/c1-20-10-11-4-7-15(8-5-11)14(19)16-6-2-3-12(9-16)13(17)18/h11-12H,2-10H2,1H3,(H,17,18)/t12-/m0/s1. The Kier molecular flexibility index (Phi) is 5.23. The molecule has 2 saturated heterocycles. The van der Waals surface area contributed by atoms with Crippen molar-refractivity contribution in [2.45, 2.75) is 25.7 Å². The second-order valence-corrected chi connectivity index (χ2v) is 5.79. The van der Waals surface area contributed by atoms with Crippen LogP contribution in [0.15, 0.2) is 0 Å². The van der Waals surface area contributed by atoms with Gasteiger partial charge in [0, 0.05) is 39.9 Å². The van der Waals surface area contributed by atoms with E-state index in [-0.39, 0.29) is 6.03 Å². The molecule has 2 fully saturated rings. The molecule has 0 radical (unpaired) electrons. The summed E-state index contributed by atoms with van der Waals surface area (Å²) in [7, 11) is 1.71. The summed E-state index contributed by atoms with van der Waals surface area (Å²) < 4.78 is 5.15. The number of nitrogens with zero attached hydrogens (tertiary/aromatic N) is 2. The summed E-state index contributed by atoms with van der Waals surface area (Å²) in [5.41, 5.74) is 0. The first-order valence-corrected chi connectivity index (χ1v) is 7.37. The predicted octanol–water partition coefficient (Wildman–Crippen LogP) is 1.26. The van der Waals surface area contributed by atoms with Crippen LogP contribution in [0.25, 0.3) is 0 Å². The first-order chi connectivity index (χ1) is 9.61. The van der Waals surface area contributed by atoms with Crippen LogP contribution in [-0.4, -0.2) is 66.8 Å². The summed E-state index contributed by atoms with van der Waals surface area (Å²) in [6.07, 6.45) is 3.39. The molecule has 0 aromatic heterocycles. The van der Waals surface area contributed by atoms with Crippen LogP contribution in [0.4, 0.5) is 4.79 Å². The molecule has 20 heavy (non-hydrogen) atoms. The van der Waals surface area contributed by atoms with Gasteiger partial charge >= 0.3 is 12.0 Å². The number of carboxylic acid groups (broad SMARTS) is 1. The summed E-state index contributed by atoms with van der Waals surface area (Å²) in [6, 6.07) is 0.00631. The van der Waals surface area contributed by atoms with E-state index < -0.39 is 11.9 Å². The van der Waals surface area contributed by atoms with E-state index in [2.05, 4.69) is 0 Å². The second kappa shape index (κ2) is 6.92. The Morgan fingerprint density at radius 1 is 1.15 bits per heavy atom. The molecule has 0 bridgehead atoms. The molecule has 0 aliphatic carbocycles. The van der Waals surface area contributed by atoms with Gasteiger partial charge in [0.15, 0.2) is 0 Å². The molecule has 6 nitrogen and oxygen atoms in total. The number of urea groups is 1. The monoisotopic (exact) mass is 284 g/mol. The van der Waals surface area contributed by atoms with E-state index >= 15 is 0 Å². The minimum atomic E-state index is -0.790. The Bertz CT molecular complexity index is 353. The third-order valence-electron chi connectivity index (χ3n) is 4.33. The number of carbonyl (C=O) groups is 2. The minimum Gasteiger partial charge on any atom is -0.481 e. The average Bonchev–Trinajstić information content (AvgIpc) is 2.48. The van der Waals surface area contributed by atoms with Crippen molar-refractivity contribution in [3.63, 3.8) is 0 Å². The fourth-order valence-electron chi connectivity index (χ4n) is 3.08. The summed E-state index contributed by atoms with van der Waals surface area (Å²) in [6.45, 7) is 3.29. The van der Waals surface area contributed by atoms with E-state index in [9.17, 15) is 9.59 Å². The highest BCUT2D eigenvalue weighted by atomic mass is 16.5. The quantitative estimate of drug-likeness (QED) is 0.847. The van der Waals surface area contributed by atoms with Crippen LogP contribution in [0.3, 0.4) is 0 Å². The van der Waals surface area contributed by atoms with Crippen molar-refractivity contribution in [2.24, 2.45) is 11.8 Å². The zero-order valence-corrected chi connectivity index (χ0v) is 12.1. The number of aliphatic carboxylic acids is 1. The van der Waals surface area contributed by atoms with Gasteiger partial charge in [0.1, 0.15) is 0 Å². The van der Waals surface area contributed by atoms with E-state index in [0.717, 1.165) is 39.0 Å². The molecule has 114 valence electrons. The summed E-state index contributed by atoms with van der Waals surface area (Å²) in [5, 5.41) is 9.08. The van der Waals surface area contributed by atoms with Gasteiger partial charge in [0.05, 0.1) is 5.92 Å². The zero-order chi connectivity index (χ0) is 14.5. The lowest BCUT2D eigenvalue weighted by Crippen LogP contribution is -2.51. The Hall–Kier alpha value is -1.30. The van der Waals surface area contributed by atoms with E-state index in [4.69, 9.17) is 9.84 Å².